The van der Waals surface area contributed by atoms with Crippen molar-refractivity contribution in [2.75, 3.05) is 5.32 Å². The SMILES string of the molecule is Cc1c(F)cc(C(N)=O)cc1NCc1cc(C(=O)O)co1. The number of carbonyl (C=O) groups excluding carboxylic acids is 1. The van der Waals surface area contributed by atoms with Crippen LogP contribution in [0.25, 0.3) is 0 Å². The van der Waals surface area contributed by atoms with E-state index in [1.165, 1.54) is 12.1 Å². The van der Waals surface area contributed by atoms with Crippen LogP contribution in [-0.2, 0) is 6.54 Å². The number of aromatic carboxylic acids is 1. The molecule has 1 aromatic heterocycles. The maximum absolute atomic E-state index is 13.7. The van der Waals surface area contributed by atoms with Crippen molar-refractivity contribution in [3.05, 3.63) is 52.7 Å². The van der Waals surface area contributed by atoms with Gasteiger partial charge in [-0.25, -0.2) is 9.18 Å². The highest BCUT2D eigenvalue weighted by Crippen LogP contribution is 2.21. The Hall–Kier alpha value is -2.83. The third kappa shape index (κ3) is 3.19. The van der Waals surface area contributed by atoms with Crippen LogP contribution in [0.3, 0.4) is 0 Å². The van der Waals surface area contributed by atoms with Crippen LogP contribution in [0.5, 0.6) is 0 Å². The van der Waals surface area contributed by atoms with Crippen molar-refractivity contribution < 1.29 is 23.5 Å². The number of carboxylic acid groups (broad SMARTS) is 1. The molecule has 110 valence electrons. The van der Waals surface area contributed by atoms with Crippen LogP contribution in [0.4, 0.5) is 10.1 Å². The third-order valence-electron chi connectivity index (χ3n) is 2.98. The average Bonchev–Trinajstić information content (AvgIpc) is 2.89. The number of rotatable bonds is 5. The van der Waals surface area contributed by atoms with Gasteiger partial charge in [0, 0.05) is 16.8 Å². The highest BCUT2D eigenvalue weighted by molar-refractivity contribution is 5.94. The minimum Gasteiger partial charge on any atom is -0.478 e. The topological polar surface area (TPSA) is 106 Å². The zero-order chi connectivity index (χ0) is 15.6. The Morgan fingerprint density at radius 2 is 2.05 bits per heavy atom. The molecule has 2 aromatic rings. The molecule has 0 saturated carbocycles. The lowest BCUT2D eigenvalue weighted by atomic mass is 10.1. The molecule has 0 unspecified atom stereocenters. The van der Waals surface area contributed by atoms with E-state index in [9.17, 15) is 14.0 Å². The van der Waals surface area contributed by atoms with E-state index < -0.39 is 17.7 Å². The van der Waals surface area contributed by atoms with Crippen LogP contribution in [0.1, 0.15) is 32.0 Å². The molecule has 4 N–H and O–H groups in total. The number of amides is 1. The normalized spacial score (nSPS) is 10.4. The average molecular weight is 292 g/mol. The van der Waals surface area contributed by atoms with E-state index in [1.54, 1.807) is 6.92 Å². The van der Waals surface area contributed by atoms with Crippen LogP contribution < -0.4 is 11.1 Å². The molecule has 0 fully saturated rings. The van der Waals surface area contributed by atoms with Gasteiger partial charge in [0.15, 0.2) is 0 Å². The maximum Gasteiger partial charge on any atom is 0.338 e. The number of nitrogens with two attached hydrogens (primary N) is 1. The van der Waals surface area contributed by atoms with Crippen LogP contribution in [0.15, 0.2) is 28.9 Å². The lowest BCUT2D eigenvalue weighted by Crippen LogP contribution is -2.13. The quantitative estimate of drug-likeness (QED) is 0.783. The summed E-state index contributed by atoms with van der Waals surface area (Å²) < 4.78 is 18.8. The lowest BCUT2D eigenvalue weighted by molar-refractivity contribution is 0.0696. The summed E-state index contributed by atoms with van der Waals surface area (Å²) in [5.41, 5.74) is 5.91. The van der Waals surface area contributed by atoms with Gasteiger partial charge in [0.1, 0.15) is 17.8 Å². The Bertz CT molecular complexity index is 709. The minimum atomic E-state index is -1.09. The molecule has 0 aliphatic rings. The summed E-state index contributed by atoms with van der Waals surface area (Å²) in [6.07, 6.45) is 1.12. The summed E-state index contributed by atoms with van der Waals surface area (Å²) >= 11 is 0. The lowest BCUT2D eigenvalue weighted by Gasteiger charge is -2.10. The van der Waals surface area contributed by atoms with Crippen LogP contribution >= 0.6 is 0 Å². The molecule has 21 heavy (non-hydrogen) atoms. The zero-order valence-corrected chi connectivity index (χ0v) is 11.1. The third-order valence-corrected chi connectivity index (χ3v) is 2.98. The van der Waals surface area contributed by atoms with E-state index in [0.29, 0.717) is 17.0 Å². The predicted octanol–water partition coefficient (Wildman–Crippen LogP) is 2.14. The van der Waals surface area contributed by atoms with Gasteiger partial charge in [-0.3, -0.25) is 4.79 Å². The first-order chi connectivity index (χ1) is 9.88. The van der Waals surface area contributed by atoms with Gasteiger partial charge in [-0.1, -0.05) is 0 Å². The van der Waals surface area contributed by atoms with Crippen LogP contribution in [0.2, 0.25) is 0 Å². The van der Waals surface area contributed by atoms with Crippen molar-refractivity contribution >= 4 is 17.6 Å². The van der Waals surface area contributed by atoms with Gasteiger partial charge in [-0.2, -0.15) is 0 Å². The van der Waals surface area contributed by atoms with E-state index in [-0.39, 0.29) is 17.7 Å². The molecule has 1 heterocycles. The van der Waals surface area contributed by atoms with Crippen molar-refractivity contribution in [2.24, 2.45) is 5.73 Å². The van der Waals surface area contributed by atoms with Crippen molar-refractivity contribution in [2.45, 2.75) is 13.5 Å². The summed E-state index contributed by atoms with van der Waals surface area (Å²) in [4.78, 5) is 21.8. The second kappa shape index (κ2) is 5.66. The van der Waals surface area contributed by atoms with Crippen molar-refractivity contribution in [3.8, 4) is 0 Å². The number of halogens is 1. The van der Waals surface area contributed by atoms with Crippen molar-refractivity contribution in [3.63, 3.8) is 0 Å². The largest absolute Gasteiger partial charge is 0.478 e. The molecule has 1 aromatic carbocycles. The Kier molecular flexibility index (Phi) is 3.93. The molecule has 0 saturated heterocycles. The van der Waals surface area contributed by atoms with E-state index >= 15 is 0 Å². The van der Waals surface area contributed by atoms with Gasteiger partial charge >= 0.3 is 5.97 Å². The number of anilines is 1. The molecule has 0 aliphatic heterocycles. The summed E-state index contributed by atoms with van der Waals surface area (Å²) in [6.45, 7) is 1.70. The minimum absolute atomic E-state index is 0.0283. The second-order valence-corrected chi connectivity index (χ2v) is 4.46. The number of hydrogen-bond acceptors (Lipinski definition) is 4. The van der Waals surface area contributed by atoms with E-state index in [2.05, 4.69) is 5.32 Å². The summed E-state index contributed by atoms with van der Waals surface area (Å²) in [5, 5.41) is 11.7. The molecule has 0 radical (unpaired) electrons. The standard InChI is InChI=1S/C14H13FN2O4/c1-7-11(15)3-8(13(16)18)4-12(7)17-5-10-2-9(6-21-10)14(19)20/h2-4,6,17H,5H2,1H3,(H2,16,18)(H,19,20). The van der Waals surface area contributed by atoms with E-state index in [4.69, 9.17) is 15.3 Å². The van der Waals surface area contributed by atoms with Gasteiger partial charge in [-0.15, -0.1) is 0 Å². The fourth-order valence-corrected chi connectivity index (χ4v) is 1.77. The molecule has 2 rings (SSSR count). The predicted molar refractivity (Wildman–Crippen MR) is 72.6 cm³/mol. The molecule has 0 atom stereocenters. The Labute approximate surface area is 119 Å². The van der Waals surface area contributed by atoms with E-state index in [0.717, 1.165) is 12.3 Å². The van der Waals surface area contributed by atoms with E-state index in [1.807, 2.05) is 0 Å². The van der Waals surface area contributed by atoms with Crippen LogP contribution in [0, 0.1) is 12.7 Å². The molecule has 0 bridgehead atoms. The van der Waals surface area contributed by atoms with Gasteiger partial charge in [0.25, 0.3) is 0 Å². The maximum atomic E-state index is 13.7. The van der Waals surface area contributed by atoms with Gasteiger partial charge in [0.05, 0.1) is 12.1 Å². The highest BCUT2D eigenvalue weighted by atomic mass is 19.1. The molecular weight excluding hydrogens is 279 g/mol. The first kappa shape index (κ1) is 14.6. The fourth-order valence-electron chi connectivity index (χ4n) is 1.77. The highest BCUT2D eigenvalue weighted by Gasteiger charge is 2.12. The monoisotopic (exact) mass is 292 g/mol. The first-order valence-electron chi connectivity index (χ1n) is 6.03. The molecule has 6 nitrogen and oxygen atoms in total. The number of carboxylic acids is 1. The molecule has 0 aliphatic carbocycles. The zero-order valence-electron chi connectivity index (χ0n) is 11.1. The molecular formula is C14H13FN2O4. The van der Waals surface area contributed by atoms with Crippen molar-refractivity contribution in [1.82, 2.24) is 0 Å². The number of hydrogen-bond donors (Lipinski definition) is 3. The second-order valence-electron chi connectivity index (χ2n) is 4.46. The smallest absolute Gasteiger partial charge is 0.338 e. The number of nitrogens with one attached hydrogen (secondary N) is 1. The van der Waals surface area contributed by atoms with Gasteiger partial charge in [-0.05, 0) is 25.1 Å². The molecule has 7 heteroatoms. The number of primary amides is 1. The summed E-state index contributed by atoms with van der Waals surface area (Å²) in [5.74, 6) is -2.01. The Balaban J connectivity index is 2.18. The number of furan rings is 1. The van der Waals surface area contributed by atoms with Crippen molar-refractivity contribution in [1.29, 1.82) is 0 Å². The number of benzene rings is 1. The molecule has 1 amide bonds. The van der Waals surface area contributed by atoms with Gasteiger partial charge in [0.2, 0.25) is 5.91 Å². The Morgan fingerprint density at radius 3 is 2.62 bits per heavy atom. The van der Waals surface area contributed by atoms with Crippen LogP contribution in [-0.4, -0.2) is 17.0 Å². The summed E-state index contributed by atoms with van der Waals surface area (Å²) in [7, 11) is 0. The summed E-state index contributed by atoms with van der Waals surface area (Å²) in [6, 6.07) is 3.86. The van der Waals surface area contributed by atoms with Gasteiger partial charge < -0.3 is 20.6 Å². The number of carbonyl (C=O) groups is 2. The Morgan fingerprint density at radius 1 is 1.33 bits per heavy atom. The molecule has 0 spiro atoms. The fraction of sp³-hybridized carbons (Fsp3) is 0.143. The first-order valence-corrected chi connectivity index (χ1v) is 6.03.